The molecule has 0 bridgehead atoms. The summed E-state index contributed by atoms with van der Waals surface area (Å²) < 4.78 is 35.3. The zero-order valence-electron chi connectivity index (χ0n) is 20.7. The second kappa shape index (κ2) is 8.09. The number of methoxy groups -OCH3 is 5. The molecular formula is C29H30O6. The van der Waals surface area contributed by atoms with Crippen LogP contribution in [0.3, 0.4) is 0 Å². The van der Waals surface area contributed by atoms with Gasteiger partial charge in [-0.2, -0.15) is 0 Å². The Kier molecular flexibility index (Phi) is 5.11. The normalized spacial score (nSPS) is 25.3. The Morgan fingerprint density at radius 1 is 0.657 bits per heavy atom. The largest absolute Gasteiger partial charge is 0.497 e. The Morgan fingerprint density at radius 3 is 1.80 bits per heavy atom. The van der Waals surface area contributed by atoms with Gasteiger partial charge in [-0.1, -0.05) is 12.1 Å². The first-order valence-corrected chi connectivity index (χ1v) is 11.9. The van der Waals surface area contributed by atoms with Crippen molar-refractivity contribution in [2.45, 2.75) is 24.4 Å². The molecule has 1 heterocycles. The van der Waals surface area contributed by atoms with Crippen LogP contribution in [0.5, 0.6) is 28.7 Å². The van der Waals surface area contributed by atoms with Crippen molar-refractivity contribution in [3.8, 4) is 28.7 Å². The summed E-state index contributed by atoms with van der Waals surface area (Å²) in [7, 11) is 8.53. The fraction of sp³-hybridized carbons (Fsp3) is 0.379. The third kappa shape index (κ3) is 2.86. The van der Waals surface area contributed by atoms with Crippen LogP contribution < -0.4 is 23.7 Å². The van der Waals surface area contributed by atoms with E-state index in [1.54, 1.807) is 35.5 Å². The summed E-state index contributed by atoms with van der Waals surface area (Å²) in [6, 6.07) is 16.7. The fourth-order valence-corrected chi connectivity index (χ4v) is 6.92. The van der Waals surface area contributed by atoms with Crippen molar-refractivity contribution in [1.29, 1.82) is 0 Å². The summed E-state index contributed by atoms with van der Waals surface area (Å²) in [5.41, 5.74) is 5.72. The predicted octanol–water partition coefficient (Wildman–Crippen LogP) is 5.47. The fourth-order valence-electron chi connectivity index (χ4n) is 6.92. The Labute approximate surface area is 205 Å². The summed E-state index contributed by atoms with van der Waals surface area (Å²) in [4.78, 5) is 0. The van der Waals surface area contributed by atoms with Gasteiger partial charge in [0.2, 0.25) is 0 Å². The summed E-state index contributed by atoms with van der Waals surface area (Å²) in [5.74, 6) is 4.18. The van der Waals surface area contributed by atoms with E-state index < -0.39 is 0 Å². The Hall–Kier alpha value is -3.38. The third-order valence-corrected chi connectivity index (χ3v) is 8.21. The number of rotatable bonds is 6. The van der Waals surface area contributed by atoms with E-state index >= 15 is 0 Å². The van der Waals surface area contributed by atoms with Gasteiger partial charge in [-0.05, 0) is 47.4 Å². The molecule has 182 valence electrons. The summed E-state index contributed by atoms with van der Waals surface area (Å²) >= 11 is 0. The Bertz CT molecular complexity index is 1280. The molecule has 6 rings (SSSR count). The van der Waals surface area contributed by atoms with Gasteiger partial charge >= 0.3 is 0 Å². The minimum absolute atomic E-state index is 0.0601. The first-order valence-electron chi connectivity index (χ1n) is 11.9. The van der Waals surface area contributed by atoms with Crippen LogP contribution >= 0.6 is 0 Å². The molecule has 3 aromatic rings. The minimum atomic E-state index is -0.224. The van der Waals surface area contributed by atoms with Gasteiger partial charge in [0, 0.05) is 47.1 Å². The topological polar surface area (TPSA) is 55.4 Å². The van der Waals surface area contributed by atoms with Gasteiger partial charge in [0.25, 0.3) is 0 Å². The molecule has 1 fully saturated rings. The lowest BCUT2D eigenvalue weighted by molar-refractivity contribution is 0.0511. The highest BCUT2D eigenvalue weighted by Gasteiger charge is 2.67. The molecule has 6 heteroatoms. The zero-order chi connectivity index (χ0) is 24.3. The van der Waals surface area contributed by atoms with Gasteiger partial charge < -0.3 is 28.4 Å². The molecule has 35 heavy (non-hydrogen) atoms. The van der Waals surface area contributed by atoms with Crippen molar-refractivity contribution in [3.63, 3.8) is 0 Å². The molecule has 1 spiro atoms. The van der Waals surface area contributed by atoms with Crippen LogP contribution in [-0.4, -0.2) is 42.2 Å². The molecule has 3 aromatic carbocycles. The standard InChI is InChI=1S/C29H30O6/c1-30-17-8-6-16(7-9-17)26-24-20(12-18(31-2)14-22(24)33-4)27-25-21(28-29(26,27)10-11-35-28)13-19(32-3)15-23(25)34-5/h6-9,12-15,26-28H,10-11H2,1-5H3/t26-,27+,28+,29+/m1/s1. The highest BCUT2D eigenvalue weighted by Crippen LogP contribution is 2.76. The average molecular weight is 475 g/mol. The molecule has 0 unspecified atom stereocenters. The molecule has 0 aromatic heterocycles. The monoisotopic (exact) mass is 474 g/mol. The van der Waals surface area contributed by atoms with Crippen molar-refractivity contribution in [1.82, 2.24) is 0 Å². The van der Waals surface area contributed by atoms with Crippen molar-refractivity contribution in [2.75, 3.05) is 42.2 Å². The second-order valence-electron chi connectivity index (χ2n) is 9.42. The first kappa shape index (κ1) is 22.1. The maximum Gasteiger partial charge on any atom is 0.126 e. The third-order valence-electron chi connectivity index (χ3n) is 8.21. The van der Waals surface area contributed by atoms with Crippen LogP contribution in [0.15, 0.2) is 48.5 Å². The van der Waals surface area contributed by atoms with E-state index in [-0.39, 0.29) is 23.4 Å². The molecule has 6 nitrogen and oxygen atoms in total. The van der Waals surface area contributed by atoms with Crippen LogP contribution in [0.2, 0.25) is 0 Å². The summed E-state index contributed by atoms with van der Waals surface area (Å²) in [6.45, 7) is 0.695. The zero-order valence-corrected chi connectivity index (χ0v) is 20.7. The van der Waals surface area contributed by atoms with Gasteiger partial charge in [-0.15, -0.1) is 0 Å². The lowest BCUT2D eigenvalue weighted by atomic mass is 9.66. The van der Waals surface area contributed by atoms with Gasteiger partial charge in [0.05, 0.1) is 41.7 Å². The van der Waals surface area contributed by atoms with E-state index in [1.807, 2.05) is 24.3 Å². The average Bonchev–Trinajstić information content (AvgIpc) is 3.53. The van der Waals surface area contributed by atoms with Crippen LogP contribution in [0.1, 0.15) is 52.2 Å². The molecule has 0 radical (unpaired) electrons. The molecule has 3 aliphatic rings. The van der Waals surface area contributed by atoms with Crippen LogP contribution in [0.4, 0.5) is 0 Å². The highest BCUT2D eigenvalue weighted by atomic mass is 16.5. The molecule has 4 atom stereocenters. The maximum absolute atomic E-state index is 6.56. The summed E-state index contributed by atoms with van der Waals surface area (Å²) in [6.07, 6.45) is 0.820. The number of hydrogen-bond donors (Lipinski definition) is 0. The quantitative estimate of drug-likeness (QED) is 0.472. The number of fused-ring (bicyclic) bond motifs is 5. The van der Waals surface area contributed by atoms with Crippen LogP contribution in [0.25, 0.3) is 0 Å². The van der Waals surface area contributed by atoms with Crippen LogP contribution in [0, 0.1) is 5.41 Å². The molecule has 0 N–H and O–H groups in total. The van der Waals surface area contributed by atoms with Crippen molar-refractivity contribution >= 4 is 0 Å². The van der Waals surface area contributed by atoms with Gasteiger partial charge in [-0.3, -0.25) is 0 Å². The second-order valence-corrected chi connectivity index (χ2v) is 9.42. The van der Waals surface area contributed by atoms with Gasteiger partial charge in [-0.25, -0.2) is 0 Å². The lowest BCUT2D eigenvalue weighted by Gasteiger charge is -2.36. The maximum atomic E-state index is 6.56. The molecule has 1 saturated heterocycles. The van der Waals surface area contributed by atoms with Gasteiger partial charge in [0.15, 0.2) is 0 Å². The molecule has 0 amide bonds. The van der Waals surface area contributed by atoms with E-state index in [4.69, 9.17) is 28.4 Å². The highest BCUT2D eigenvalue weighted by molar-refractivity contribution is 5.68. The van der Waals surface area contributed by atoms with E-state index in [9.17, 15) is 0 Å². The number of benzene rings is 3. The Morgan fingerprint density at radius 2 is 1.23 bits per heavy atom. The summed E-state index contributed by atoms with van der Waals surface area (Å²) in [5, 5.41) is 0. The molecule has 2 aliphatic carbocycles. The predicted molar refractivity (Wildman–Crippen MR) is 132 cm³/mol. The van der Waals surface area contributed by atoms with E-state index in [2.05, 4.69) is 24.3 Å². The number of ether oxygens (including phenoxy) is 6. The van der Waals surface area contributed by atoms with Gasteiger partial charge in [0.1, 0.15) is 28.7 Å². The van der Waals surface area contributed by atoms with E-state index in [0.717, 1.165) is 40.7 Å². The SMILES string of the molecule is COc1ccc([C@@H]2c3c(OC)cc(OC)cc3[C@H]3c4c(OC)cc(OC)cc4[C@@H]4OCC[C@]234)cc1. The van der Waals surface area contributed by atoms with Crippen LogP contribution in [-0.2, 0) is 4.74 Å². The first-order chi connectivity index (χ1) is 17.1. The van der Waals surface area contributed by atoms with Crippen molar-refractivity contribution in [3.05, 3.63) is 76.3 Å². The van der Waals surface area contributed by atoms with E-state index in [0.29, 0.717) is 6.61 Å². The van der Waals surface area contributed by atoms with Crippen molar-refractivity contribution in [2.24, 2.45) is 5.41 Å². The van der Waals surface area contributed by atoms with Crippen molar-refractivity contribution < 1.29 is 28.4 Å². The molecular weight excluding hydrogens is 444 g/mol. The minimum Gasteiger partial charge on any atom is -0.497 e. The lowest BCUT2D eigenvalue weighted by Crippen LogP contribution is -2.29. The Balaban J connectivity index is 1.69. The number of hydrogen-bond acceptors (Lipinski definition) is 6. The van der Waals surface area contributed by atoms with E-state index in [1.165, 1.54) is 22.3 Å². The molecule has 0 saturated carbocycles. The molecule has 1 aliphatic heterocycles. The smallest absolute Gasteiger partial charge is 0.126 e.